The van der Waals surface area contributed by atoms with Gasteiger partial charge < -0.3 is 4.43 Å². The topological polar surface area (TPSA) is 9.23 Å². The molecule has 1 nitrogen and oxygen atoms in total. The summed E-state index contributed by atoms with van der Waals surface area (Å²) in [5.41, 5.74) is 0. The predicted octanol–water partition coefficient (Wildman–Crippen LogP) is 10.8. The second kappa shape index (κ2) is 23.8. The van der Waals surface area contributed by atoms with Crippen LogP contribution in [-0.4, -0.2) is 14.9 Å². The third-order valence-electron chi connectivity index (χ3n) is 6.62. The van der Waals surface area contributed by atoms with E-state index in [1.54, 1.807) is 0 Å². The summed E-state index contributed by atoms with van der Waals surface area (Å²) in [4.78, 5) is 0. The van der Waals surface area contributed by atoms with Crippen molar-refractivity contribution >= 4 is 8.32 Å². The molecule has 0 aromatic rings. The minimum Gasteiger partial charge on any atom is -0.417 e. The molecule has 0 bridgehead atoms. The zero-order valence-electron chi connectivity index (χ0n) is 21.9. The smallest absolute Gasteiger partial charge is 0.186 e. The predicted molar refractivity (Wildman–Crippen MR) is 141 cm³/mol. The second-order valence-corrected chi connectivity index (χ2v) is 14.7. The van der Waals surface area contributed by atoms with Gasteiger partial charge in [0.2, 0.25) is 0 Å². The molecule has 0 atom stereocenters. The van der Waals surface area contributed by atoms with Crippen molar-refractivity contribution in [3.05, 3.63) is 0 Å². The minimum absolute atomic E-state index is 1.02. The van der Waals surface area contributed by atoms with Crippen LogP contribution in [0, 0.1) is 0 Å². The van der Waals surface area contributed by atoms with Gasteiger partial charge in [-0.25, -0.2) is 0 Å². The molecule has 0 rings (SSSR count). The van der Waals surface area contributed by atoms with Gasteiger partial charge >= 0.3 is 0 Å². The molecule has 0 amide bonds. The molecule has 0 radical (unpaired) electrons. The first-order chi connectivity index (χ1) is 14.6. The lowest BCUT2D eigenvalue weighted by molar-refractivity contribution is 0.292. The van der Waals surface area contributed by atoms with Crippen molar-refractivity contribution in [1.82, 2.24) is 0 Å². The molecule has 0 fully saturated rings. The lowest BCUT2D eigenvalue weighted by Gasteiger charge is -2.23. The Morgan fingerprint density at radius 3 is 1.07 bits per heavy atom. The lowest BCUT2D eigenvalue weighted by atomic mass is 10.1. The molecule has 0 aromatic heterocycles. The Hall–Kier alpha value is 0.177. The highest BCUT2D eigenvalue weighted by atomic mass is 28.4. The number of unbranched alkanes of at least 4 members (excludes halogenated alkanes) is 20. The van der Waals surface area contributed by atoms with E-state index in [0.29, 0.717) is 0 Å². The largest absolute Gasteiger partial charge is 0.417 e. The first-order valence-electron chi connectivity index (χ1n) is 14.3. The standard InChI is InChI=1S/C28H60OSi/c1-5-7-9-11-13-15-17-18-19-21-23-25-27-29-30(3,4)28-26-24-22-20-16-14-12-10-8-6-2/h5-28H2,1-4H3. The zero-order valence-corrected chi connectivity index (χ0v) is 22.9. The first-order valence-corrected chi connectivity index (χ1v) is 17.4. The van der Waals surface area contributed by atoms with Crippen LogP contribution in [0.3, 0.4) is 0 Å². The molecule has 0 unspecified atom stereocenters. The summed E-state index contributed by atoms with van der Waals surface area (Å²) in [5.74, 6) is 0. The van der Waals surface area contributed by atoms with E-state index in [1.807, 2.05) is 0 Å². The maximum atomic E-state index is 6.34. The van der Waals surface area contributed by atoms with Crippen LogP contribution in [0.4, 0.5) is 0 Å². The third kappa shape index (κ3) is 24.4. The van der Waals surface area contributed by atoms with Crippen LogP contribution in [0.2, 0.25) is 19.1 Å². The van der Waals surface area contributed by atoms with Gasteiger partial charge in [0.1, 0.15) is 0 Å². The second-order valence-electron chi connectivity index (χ2n) is 10.4. The molecule has 0 spiro atoms. The molecule has 0 saturated heterocycles. The highest BCUT2D eigenvalue weighted by molar-refractivity contribution is 6.71. The lowest BCUT2D eigenvalue weighted by Crippen LogP contribution is -2.30. The molecule has 2 heteroatoms. The molecule has 30 heavy (non-hydrogen) atoms. The summed E-state index contributed by atoms with van der Waals surface area (Å²) in [6, 6.07) is 1.36. The maximum Gasteiger partial charge on any atom is 0.186 e. The Balaban J connectivity index is 3.29. The molecular formula is C28H60OSi. The van der Waals surface area contributed by atoms with Gasteiger partial charge in [0.05, 0.1) is 0 Å². The summed E-state index contributed by atoms with van der Waals surface area (Å²) < 4.78 is 6.34. The van der Waals surface area contributed by atoms with Crippen LogP contribution in [0.25, 0.3) is 0 Å². The number of rotatable bonds is 25. The summed E-state index contributed by atoms with van der Waals surface area (Å²) in [6.45, 7) is 10.5. The number of hydrogen-bond acceptors (Lipinski definition) is 1. The van der Waals surface area contributed by atoms with E-state index in [-0.39, 0.29) is 0 Å². The van der Waals surface area contributed by atoms with Crippen LogP contribution in [0.1, 0.15) is 155 Å². The summed E-state index contributed by atoms with van der Waals surface area (Å²) in [6.07, 6.45) is 31.4. The molecule has 0 aliphatic rings. The van der Waals surface area contributed by atoms with Crippen molar-refractivity contribution in [1.29, 1.82) is 0 Å². The summed E-state index contributed by atoms with van der Waals surface area (Å²) in [5, 5.41) is 0. The van der Waals surface area contributed by atoms with E-state index in [4.69, 9.17) is 4.43 Å². The van der Waals surface area contributed by atoms with Crippen molar-refractivity contribution in [3.63, 3.8) is 0 Å². The van der Waals surface area contributed by atoms with Crippen LogP contribution in [-0.2, 0) is 4.43 Å². The highest BCUT2D eigenvalue weighted by Gasteiger charge is 2.21. The molecule has 0 aromatic carbocycles. The van der Waals surface area contributed by atoms with Gasteiger partial charge in [-0.05, 0) is 25.6 Å². The molecular weight excluding hydrogens is 380 g/mol. The molecule has 0 aliphatic heterocycles. The van der Waals surface area contributed by atoms with Gasteiger partial charge in [0.15, 0.2) is 8.32 Å². The van der Waals surface area contributed by atoms with E-state index >= 15 is 0 Å². The van der Waals surface area contributed by atoms with Crippen molar-refractivity contribution in [2.45, 2.75) is 174 Å². The van der Waals surface area contributed by atoms with Crippen LogP contribution < -0.4 is 0 Å². The van der Waals surface area contributed by atoms with E-state index in [1.165, 1.54) is 147 Å². The quantitative estimate of drug-likeness (QED) is 0.101. The number of hydrogen-bond donors (Lipinski definition) is 0. The zero-order chi connectivity index (χ0) is 22.2. The normalized spacial score (nSPS) is 12.0. The minimum atomic E-state index is -1.39. The molecule has 0 N–H and O–H groups in total. The van der Waals surface area contributed by atoms with E-state index in [2.05, 4.69) is 26.9 Å². The Labute approximate surface area is 193 Å². The van der Waals surface area contributed by atoms with Gasteiger partial charge in [-0.2, -0.15) is 0 Å². The summed E-state index contributed by atoms with van der Waals surface area (Å²) >= 11 is 0. The molecule has 0 heterocycles. The van der Waals surface area contributed by atoms with Crippen molar-refractivity contribution in [3.8, 4) is 0 Å². The molecule has 0 saturated carbocycles. The summed E-state index contributed by atoms with van der Waals surface area (Å²) in [7, 11) is -1.39. The van der Waals surface area contributed by atoms with E-state index < -0.39 is 8.32 Å². The van der Waals surface area contributed by atoms with Crippen molar-refractivity contribution < 1.29 is 4.43 Å². The molecule has 0 aliphatic carbocycles. The Kier molecular flexibility index (Phi) is 24.0. The molecule has 182 valence electrons. The van der Waals surface area contributed by atoms with Crippen LogP contribution in [0.5, 0.6) is 0 Å². The van der Waals surface area contributed by atoms with E-state index in [0.717, 1.165) is 6.61 Å². The van der Waals surface area contributed by atoms with Crippen LogP contribution in [0.15, 0.2) is 0 Å². The SMILES string of the molecule is CCCCCCCCCCCCCCO[Si](C)(C)CCCCCCCCCCCC. The Morgan fingerprint density at radius 1 is 0.400 bits per heavy atom. The van der Waals surface area contributed by atoms with Gasteiger partial charge in [0, 0.05) is 6.61 Å². The third-order valence-corrected chi connectivity index (χ3v) is 9.17. The first kappa shape index (κ1) is 30.2. The van der Waals surface area contributed by atoms with Gasteiger partial charge in [-0.3, -0.25) is 0 Å². The average Bonchev–Trinajstić information content (AvgIpc) is 2.72. The highest BCUT2D eigenvalue weighted by Crippen LogP contribution is 2.19. The average molecular weight is 441 g/mol. The van der Waals surface area contributed by atoms with Gasteiger partial charge in [-0.15, -0.1) is 0 Å². The fourth-order valence-corrected chi connectivity index (χ4v) is 6.34. The van der Waals surface area contributed by atoms with Gasteiger partial charge in [-0.1, -0.05) is 149 Å². The fourth-order valence-electron chi connectivity index (χ4n) is 4.40. The van der Waals surface area contributed by atoms with Gasteiger partial charge in [0.25, 0.3) is 0 Å². The van der Waals surface area contributed by atoms with E-state index in [9.17, 15) is 0 Å². The Morgan fingerprint density at radius 2 is 0.700 bits per heavy atom. The van der Waals surface area contributed by atoms with Crippen LogP contribution >= 0.6 is 0 Å². The Bertz CT molecular complexity index is 316. The fraction of sp³-hybridized carbons (Fsp3) is 1.00. The monoisotopic (exact) mass is 440 g/mol. The van der Waals surface area contributed by atoms with Crippen molar-refractivity contribution in [2.24, 2.45) is 0 Å². The van der Waals surface area contributed by atoms with Crippen molar-refractivity contribution in [2.75, 3.05) is 6.61 Å². The maximum absolute atomic E-state index is 6.34.